The molecule has 148 valence electrons. The van der Waals surface area contributed by atoms with Gasteiger partial charge in [-0.3, -0.25) is 9.59 Å². The van der Waals surface area contributed by atoms with Crippen LogP contribution in [0.25, 0.3) is 0 Å². The van der Waals surface area contributed by atoms with Gasteiger partial charge in [0.25, 0.3) is 11.7 Å². The van der Waals surface area contributed by atoms with E-state index >= 15 is 0 Å². The number of halogens is 2. The van der Waals surface area contributed by atoms with E-state index in [1.165, 1.54) is 25.1 Å². The number of alkyl halides is 2. The molecule has 0 atom stereocenters. The molecule has 5 nitrogen and oxygen atoms in total. The molecule has 0 radical (unpaired) electrons. The average molecular weight is 397 g/mol. The van der Waals surface area contributed by atoms with Crippen molar-refractivity contribution < 1.29 is 18.4 Å². The second-order valence-corrected chi connectivity index (χ2v) is 8.02. The molecule has 8 heteroatoms. The van der Waals surface area contributed by atoms with E-state index in [1.54, 1.807) is 11.0 Å². The molecule has 0 aromatic carbocycles. The van der Waals surface area contributed by atoms with Gasteiger partial charge in [0, 0.05) is 38.3 Å². The van der Waals surface area contributed by atoms with Crippen molar-refractivity contribution in [3.63, 3.8) is 0 Å². The number of pyridine rings is 1. The Bertz CT molecular complexity index is 658. The maximum absolute atomic E-state index is 12.8. The number of carbonyl (C=O) groups excluding carboxylic acids is 2. The van der Waals surface area contributed by atoms with E-state index in [4.69, 9.17) is 0 Å². The van der Waals surface area contributed by atoms with Crippen molar-refractivity contribution in [2.45, 2.75) is 49.3 Å². The average Bonchev–Trinajstić information content (AvgIpc) is 2.96. The van der Waals surface area contributed by atoms with Gasteiger partial charge in [-0.25, -0.2) is 4.98 Å². The van der Waals surface area contributed by atoms with E-state index in [9.17, 15) is 18.4 Å². The van der Waals surface area contributed by atoms with Crippen LogP contribution in [0, 0.1) is 5.92 Å². The lowest BCUT2D eigenvalue weighted by molar-refractivity contribution is -0.136. The van der Waals surface area contributed by atoms with E-state index in [1.807, 2.05) is 4.90 Å². The smallest absolute Gasteiger partial charge is 0.290 e. The first-order valence-corrected chi connectivity index (χ1v) is 10.4. The number of piperidine rings is 1. The highest BCUT2D eigenvalue weighted by Gasteiger charge is 2.31. The van der Waals surface area contributed by atoms with Crippen LogP contribution in [0.15, 0.2) is 23.4 Å². The molecule has 2 aliphatic rings. The van der Waals surface area contributed by atoms with Crippen LogP contribution >= 0.6 is 11.8 Å². The summed E-state index contributed by atoms with van der Waals surface area (Å²) in [5, 5.41) is 0.0558. The third-order valence-electron chi connectivity index (χ3n) is 5.25. The highest BCUT2D eigenvalue weighted by atomic mass is 32.2. The van der Waals surface area contributed by atoms with Crippen molar-refractivity contribution in [1.29, 1.82) is 0 Å². The fraction of sp³-hybridized carbons (Fsp3) is 0.632. The fourth-order valence-electron chi connectivity index (χ4n) is 3.78. The highest BCUT2D eigenvalue weighted by Crippen LogP contribution is 2.29. The monoisotopic (exact) mass is 397 g/mol. The number of hydrogen-bond acceptors (Lipinski definition) is 4. The van der Waals surface area contributed by atoms with E-state index in [0.29, 0.717) is 37.7 Å². The van der Waals surface area contributed by atoms with E-state index in [2.05, 4.69) is 4.98 Å². The fourth-order valence-corrected chi connectivity index (χ4v) is 4.35. The molecule has 1 aromatic heterocycles. The topological polar surface area (TPSA) is 53.5 Å². The van der Waals surface area contributed by atoms with Gasteiger partial charge in [0.1, 0.15) is 5.03 Å². The van der Waals surface area contributed by atoms with Crippen LogP contribution in [0.5, 0.6) is 0 Å². The van der Waals surface area contributed by atoms with Gasteiger partial charge in [-0.1, -0.05) is 12.8 Å². The molecular weight excluding hydrogens is 372 g/mol. The third-order valence-corrected chi connectivity index (χ3v) is 5.98. The number of amides is 2. The van der Waals surface area contributed by atoms with Crippen molar-refractivity contribution in [3.8, 4) is 0 Å². The largest absolute Gasteiger partial charge is 0.342 e. The van der Waals surface area contributed by atoms with Gasteiger partial charge in [0.15, 0.2) is 0 Å². The van der Waals surface area contributed by atoms with Gasteiger partial charge in [0.05, 0.1) is 5.56 Å². The summed E-state index contributed by atoms with van der Waals surface area (Å²) in [6, 6.07) is 3.12. The summed E-state index contributed by atoms with van der Waals surface area (Å²) < 4.78 is 25.4. The maximum Gasteiger partial charge on any atom is 0.290 e. The quantitative estimate of drug-likeness (QED) is 0.728. The number of aromatic nitrogens is 1. The van der Waals surface area contributed by atoms with Crippen LogP contribution in [0.2, 0.25) is 0 Å². The minimum Gasteiger partial charge on any atom is -0.342 e. The summed E-state index contributed by atoms with van der Waals surface area (Å²) in [7, 11) is 0. The zero-order valence-corrected chi connectivity index (χ0v) is 16.1. The lowest BCUT2D eigenvalue weighted by atomic mass is 9.94. The number of carbonyl (C=O) groups is 2. The molecule has 0 bridgehead atoms. The molecule has 2 aliphatic heterocycles. The van der Waals surface area contributed by atoms with E-state index < -0.39 is 5.76 Å². The zero-order chi connectivity index (χ0) is 19.2. The molecule has 2 amide bonds. The molecule has 3 heterocycles. The molecule has 0 spiro atoms. The zero-order valence-electron chi connectivity index (χ0n) is 15.3. The highest BCUT2D eigenvalue weighted by molar-refractivity contribution is 7.99. The normalized spacial score (nSPS) is 19.2. The van der Waals surface area contributed by atoms with Crippen LogP contribution in [-0.2, 0) is 4.79 Å². The van der Waals surface area contributed by atoms with E-state index in [0.717, 1.165) is 25.9 Å². The SMILES string of the molecule is O=C(c1cccnc1SC(F)F)N1CCC(C(=O)N2CCCCCC2)CC1. The van der Waals surface area contributed by atoms with E-state index in [-0.39, 0.29) is 28.3 Å². The van der Waals surface area contributed by atoms with Gasteiger partial charge in [-0.2, -0.15) is 8.78 Å². The molecule has 1 aromatic rings. The van der Waals surface area contributed by atoms with Crippen molar-refractivity contribution in [3.05, 3.63) is 23.9 Å². The summed E-state index contributed by atoms with van der Waals surface area (Å²) >= 11 is 0.291. The number of thioether (sulfide) groups is 1. The molecule has 2 fully saturated rings. The Morgan fingerprint density at radius 3 is 2.33 bits per heavy atom. The summed E-state index contributed by atoms with van der Waals surface area (Å²) in [4.78, 5) is 33.1. The minimum atomic E-state index is -2.62. The molecule has 3 rings (SSSR count). The summed E-state index contributed by atoms with van der Waals surface area (Å²) in [6.07, 6.45) is 7.15. The van der Waals surface area contributed by atoms with Crippen molar-refractivity contribution in [2.75, 3.05) is 26.2 Å². The summed E-state index contributed by atoms with van der Waals surface area (Å²) in [5.41, 5.74) is 0.208. The molecule has 0 unspecified atom stereocenters. The Balaban J connectivity index is 1.59. The van der Waals surface area contributed by atoms with Gasteiger partial charge in [-0.05, 0) is 49.6 Å². The number of nitrogens with zero attached hydrogens (tertiary/aromatic N) is 3. The van der Waals surface area contributed by atoms with Gasteiger partial charge >= 0.3 is 0 Å². The Kier molecular flexibility index (Phi) is 7.04. The Labute approximate surface area is 162 Å². The maximum atomic E-state index is 12.8. The second kappa shape index (κ2) is 9.48. The Hall–Kier alpha value is -1.70. The molecule has 0 N–H and O–H groups in total. The van der Waals surface area contributed by atoms with Crippen molar-refractivity contribution >= 4 is 23.6 Å². The molecule has 2 saturated heterocycles. The number of likely N-dealkylation sites (tertiary alicyclic amines) is 2. The minimum absolute atomic E-state index is 0.0454. The van der Waals surface area contributed by atoms with Gasteiger partial charge in [-0.15, -0.1) is 0 Å². The van der Waals surface area contributed by atoms with Crippen LogP contribution < -0.4 is 0 Å². The number of hydrogen-bond donors (Lipinski definition) is 0. The Morgan fingerprint density at radius 1 is 1.04 bits per heavy atom. The van der Waals surface area contributed by atoms with Crippen LogP contribution in [-0.4, -0.2) is 58.5 Å². The van der Waals surface area contributed by atoms with Crippen molar-refractivity contribution in [1.82, 2.24) is 14.8 Å². The Morgan fingerprint density at radius 2 is 1.70 bits per heavy atom. The first-order valence-electron chi connectivity index (χ1n) is 9.54. The lowest BCUT2D eigenvalue weighted by Gasteiger charge is -2.34. The first kappa shape index (κ1) is 20.0. The van der Waals surface area contributed by atoms with Gasteiger partial charge in [0.2, 0.25) is 5.91 Å². The van der Waals surface area contributed by atoms with Gasteiger partial charge < -0.3 is 9.80 Å². The molecular formula is C19H25F2N3O2S. The summed E-state index contributed by atoms with van der Waals surface area (Å²) in [5.74, 6) is -2.74. The standard InChI is InChI=1S/C19H25F2N3O2S/c20-19(21)27-16-15(6-5-9-22-16)18(26)24-12-7-14(8-13-24)17(25)23-10-3-1-2-4-11-23/h5-6,9,14,19H,1-4,7-8,10-13H2. The first-order chi connectivity index (χ1) is 13.1. The van der Waals surface area contributed by atoms with Crippen LogP contribution in [0.1, 0.15) is 48.9 Å². The molecule has 0 saturated carbocycles. The predicted molar refractivity (Wildman–Crippen MR) is 99.8 cm³/mol. The van der Waals surface area contributed by atoms with Crippen LogP contribution in [0.4, 0.5) is 8.78 Å². The third kappa shape index (κ3) is 5.18. The summed E-state index contributed by atoms with van der Waals surface area (Å²) in [6.45, 7) is 2.61. The van der Waals surface area contributed by atoms with Crippen LogP contribution in [0.3, 0.4) is 0 Å². The lowest BCUT2D eigenvalue weighted by Crippen LogP contribution is -2.44. The molecule has 27 heavy (non-hydrogen) atoms. The van der Waals surface area contributed by atoms with Crippen molar-refractivity contribution in [2.24, 2.45) is 5.92 Å². The second-order valence-electron chi connectivity index (χ2n) is 7.04. The molecule has 0 aliphatic carbocycles. The predicted octanol–water partition coefficient (Wildman–Crippen LogP) is 3.65. The number of rotatable bonds is 4.